The molecule has 7 nitrogen and oxygen atoms in total. The van der Waals surface area contributed by atoms with E-state index in [1.54, 1.807) is 6.33 Å². The topological polar surface area (TPSA) is 78.7 Å². The predicted molar refractivity (Wildman–Crippen MR) is 89.9 cm³/mol. The summed E-state index contributed by atoms with van der Waals surface area (Å²) in [5.74, 6) is -0.212. The maximum Gasteiger partial charge on any atom is 0.322 e. The van der Waals surface area contributed by atoms with Gasteiger partial charge in [0.05, 0.1) is 23.7 Å². The summed E-state index contributed by atoms with van der Waals surface area (Å²) in [6.45, 7) is 7.50. The van der Waals surface area contributed by atoms with Gasteiger partial charge in [0.1, 0.15) is 5.54 Å². The van der Waals surface area contributed by atoms with Gasteiger partial charge in [-0.25, -0.2) is 9.78 Å². The summed E-state index contributed by atoms with van der Waals surface area (Å²) in [6, 6.07) is 1.76. The average molecular weight is 327 g/mol. The summed E-state index contributed by atoms with van der Waals surface area (Å²) in [7, 11) is 0. The largest absolute Gasteiger partial charge is 0.369 e. The van der Waals surface area contributed by atoms with E-state index in [0.717, 1.165) is 16.8 Å². The molecule has 2 aromatic rings. The molecule has 0 saturated carbocycles. The van der Waals surface area contributed by atoms with E-state index in [0.29, 0.717) is 19.5 Å². The van der Waals surface area contributed by atoms with Crippen LogP contribution in [0, 0.1) is 12.3 Å². The lowest BCUT2D eigenvalue weighted by molar-refractivity contribution is -0.129. The van der Waals surface area contributed by atoms with E-state index in [2.05, 4.69) is 33.5 Å². The normalized spacial score (nSPS) is 26.0. The Labute approximate surface area is 140 Å². The van der Waals surface area contributed by atoms with Crippen LogP contribution < -0.4 is 15.5 Å². The molecule has 2 saturated heterocycles. The molecule has 2 aliphatic heterocycles. The number of nitrogens with zero attached hydrogens (tertiary/aromatic N) is 3. The van der Waals surface area contributed by atoms with Crippen molar-refractivity contribution in [2.45, 2.75) is 32.7 Å². The zero-order chi connectivity index (χ0) is 17.1. The molecule has 1 spiro atoms. The molecule has 1 unspecified atom stereocenters. The van der Waals surface area contributed by atoms with E-state index in [-0.39, 0.29) is 5.91 Å². The highest BCUT2D eigenvalue weighted by atomic mass is 16.2. The Kier molecular flexibility index (Phi) is 2.95. The first kappa shape index (κ1) is 15.0. The number of aryl methyl sites for hydroxylation is 1. The number of amides is 3. The fourth-order valence-corrected chi connectivity index (χ4v) is 4.09. The number of nitrogens with one attached hydrogen (secondary N) is 2. The van der Waals surface area contributed by atoms with Crippen molar-refractivity contribution < 1.29 is 9.59 Å². The second-order valence-electron chi connectivity index (χ2n) is 7.46. The lowest BCUT2D eigenvalue weighted by Gasteiger charge is -2.50. The first-order chi connectivity index (χ1) is 11.3. The van der Waals surface area contributed by atoms with Gasteiger partial charge < -0.3 is 14.6 Å². The van der Waals surface area contributed by atoms with Crippen LogP contribution in [0.15, 0.2) is 24.8 Å². The molecule has 0 aromatic carbocycles. The number of anilines is 1. The third-order valence-electron chi connectivity index (χ3n) is 5.42. The van der Waals surface area contributed by atoms with Gasteiger partial charge in [0.25, 0.3) is 5.91 Å². The van der Waals surface area contributed by atoms with Gasteiger partial charge in [-0.3, -0.25) is 10.1 Å². The summed E-state index contributed by atoms with van der Waals surface area (Å²) < 4.78 is 2.02. The standard InChI is InChI=1S/C17H21N5O2/c1-11-6-12(13-7-18-10-22(13)8-11)21-5-4-17(16(2,3)9-21)14(23)19-15(24)20-17/h6-8,10H,4-5,9H2,1-3H3,(H2,19,20,23,24). The van der Waals surface area contributed by atoms with Crippen molar-refractivity contribution in [2.24, 2.45) is 5.41 Å². The number of hydrogen-bond acceptors (Lipinski definition) is 4. The molecule has 2 aromatic heterocycles. The van der Waals surface area contributed by atoms with E-state index in [9.17, 15) is 9.59 Å². The smallest absolute Gasteiger partial charge is 0.322 e. The first-order valence-corrected chi connectivity index (χ1v) is 8.13. The average Bonchev–Trinajstić information content (AvgIpc) is 3.06. The molecular formula is C17H21N5O2. The summed E-state index contributed by atoms with van der Waals surface area (Å²) in [5.41, 5.74) is 2.08. The number of aromatic nitrogens is 2. The molecule has 0 aliphatic carbocycles. The van der Waals surface area contributed by atoms with Crippen LogP contribution in [0.1, 0.15) is 25.8 Å². The number of hydrogen-bond donors (Lipinski definition) is 2. The monoisotopic (exact) mass is 327 g/mol. The van der Waals surface area contributed by atoms with Gasteiger partial charge in [0.2, 0.25) is 0 Å². The van der Waals surface area contributed by atoms with E-state index in [1.165, 1.54) is 0 Å². The van der Waals surface area contributed by atoms with Gasteiger partial charge in [0, 0.05) is 24.7 Å². The fraction of sp³-hybridized carbons (Fsp3) is 0.471. The molecule has 4 heterocycles. The lowest BCUT2D eigenvalue weighted by Crippen LogP contribution is -2.66. The molecular weight excluding hydrogens is 306 g/mol. The molecule has 2 aliphatic rings. The number of piperidine rings is 1. The van der Waals surface area contributed by atoms with Crippen molar-refractivity contribution >= 4 is 23.1 Å². The number of urea groups is 1. The van der Waals surface area contributed by atoms with Crippen molar-refractivity contribution in [3.63, 3.8) is 0 Å². The highest BCUT2D eigenvalue weighted by molar-refractivity contribution is 6.07. The van der Waals surface area contributed by atoms with Gasteiger partial charge in [-0.2, -0.15) is 0 Å². The maximum absolute atomic E-state index is 12.4. The van der Waals surface area contributed by atoms with Crippen LogP contribution in [0.2, 0.25) is 0 Å². The second kappa shape index (κ2) is 4.72. The number of carbonyl (C=O) groups is 2. The van der Waals surface area contributed by atoms with E-state index >= 15 is 0 Å². The van der Waals surface area contributed by atoms with Crippen LogP contribution in [0.3, 0.4) is 0 Å². The molecule has 0 radical (unpaired) electrons. The minimum atomic E-state index is -0.832. The molecule has 126 valence electrons. The molecule has 2 fully saturated rings. The summed E-state index contributed by atoms with van der Waals surface area (Å²) >= 11 is 0. The van der Waals surface area contributed by atoms with Crippen LogP contribution in [0.4, 0.5) is 10.5 Å². The maximum atomic E-state index is 12.4. The molecule has 3 amide bonds. The van der Waals surface area contributed by atoms with Crippen molar-refractivity contribution in [1.29, 1.82) is 0 Å². The number of pyridine rings is 1. The van der Waals surface area contributed by atoms with Crippen molar-refractivity contribution in [3.05, 3.63) is 30.4 Å². The third-order valence-corrected chi connectivity index (χ3v) is 5.42. The highest BCUT2D eigenvalue weighted by Gasteiger charge is 2.58. The summed E-state index contributed by atoms with van der Waals surface area (Å²) in [6.07, 6.45) is 6.28. The van der Waals surface area contributed by atoms with Crippen molar-refractivity contribution in [3.8, 4) is 0 Å². The number of rotatable bonds is 1. The molecule has 0 bridgehead atoms. The minimum absolute atomic E-state index is 0.212. The summed E-state index contributed by atoms with van der Waals surface area (Å²) in [5, 5.41) is 5.28. The van der Waals surface area contributed by atoms with E-state index in [4.69, 9.17) is 0 Å². The minimum Gasteiger partial charge on any atom is -0.369 e. The highest BCUT2D eigenvalue weighted by Crippen LogP contribution is 2.42. The first-order valence-electron chi connectivity index (χ1n) is 8.13. The molecule has 2 N–H and O–H groups in total. The SMILES string of the molecule is Cc1cc(N2CCC3(NC(=O)NC3=O)C(C)(C)C2)c2cncn2c1. The molecule has 1 atom stereocenters. The van der Waals surface area contributed by atoms with Gasteiger partial charge in [-0.05, 0) is 25.0 Å². The quantitative estimate of drug-likeness (QED) is 0.777. The molecule has 4 rings (SSSR count). The van der Waals surface area contributed by atoms with E-state index in [1.807, 2.05) is 30.6 Å². The van der Waals surface area contributed by atoms with Crippen LogP contribution in [0.25, 0.3) is 5.52 Å². The number of fused-ring (bicyclic) bond motifs is 1. The zero-order valence-corrected chi connectivity index (χ0v) is 14.1. The Bertz CT molecular complexity index is 856. The van der Waals surface area contributed by atoms with Gasteiger partial charge >= 0.3 is 6.03 Å². The van der Waals surface area contributed by atoms with E-state index < -0.39 is 17.0 Å². The third kappa shape index (κ3) is 1.93. The Balaban J connectivity index is 1.72. The van der Waals surface area contributed by atoms with Gasteiger partial charge in [0.15, 0.2) is 0 Å². The fourth-order valence-electron chi connectivity index (χ4n) is 4.09. The molecule has 7 heteroatoms. The van der Waals surface area contributed by atoms with Crippen molar-refractivity contribution in [1.82, 2.24) is 20.0 Å². The Morgan fingerprint density at radius 1 is 1.29 bits per heavy atom. The number of carbonyl (C=O) groups excluding carboxylic acids is 2. The van der Waals surface area contributed by atoms with Crippen LogP contribution in [-0.2, 0) is 4.79 Å². The molecule has 24 heavy (non-hydrogen) atoms. The van der Waals surface area contributed by atoms with Crippen molar-refractivity contribution in [2.75, 3.05) is 18.0 Å². The van der Waals surface area contributed by atoms with Crippen LogP contribution in [0.5, 0.6) is 0 Å². The van der Waals surface area contributed by atoms with Gasteiger partial charge in [-0.1, -0.05) is 13.8 Å². The van der Waals surface area contributed by atoms with Crippen LogP contribution >= 0.6 is 0 Å². The second-order valence-corrected chi connectivity index (χ2v) is 7.46. The number of imidazole rings is 1. The lowest BCUT2D eigenvalue weighted by atomic mass is 9.67. The Hall–Kier alpha value is -2.57. The van der Waals surface area contributed by atoms with Crippen LogP contribution in [-0.4, -0.2) is 40.0 Å². The Morgan fingerprint density at radius 3 is 2.75 bits per heavy atom. The summed E-state index contributed by atoms with van der Waals surface area (Å²) in [4.78, 5) is 30.6. The van der Waals surface area contributed by atoms with Gasteiger partial charge in [-0.15, -0.1) is 0 Å². The number of imide groups is 1. The Morgan fingerprint density at radius 2 is 2.08 bits per heavy atom. The zero-order valence-electron chi connectivity index (χ0n) is 14.1. The predicted octanol–water partition coefficient (Wildman–Crippen LogP) is 1.46.